The molecule has 0 bridgehead atoms. The Morgan fingerprint density at radius 1 is 1.36 bits per heavy atom. The fourth-order valence-corrected chi connectivity index (χ4v) is 5.50. The van der Waals surface area contributed by atoms with Gasteiger partial charge in [0.05, 0.1) is 4.90 Å². The number of pyridine rings is 1. The Morgan fingerprint density at radius 3 is 2.73 bits per heavy atom. The van der Waals surface area contributed by atoms with Gasteiger partial charge in [0, 0.05) is 51.8 Å². The number of anilines is 1. The molecule has 184 valence electrons. The van der Waals surface area contributed by atoms with Gasteiger partial charge >= 0.3 is 0 Å². The van der Waals surface area contributed by atoms with E-state index in [1.54, 1.807) is 12.3 Å². The van der Waals surface area contributed by atoms with Crippen molar-refractivity contribution < 1.29 is 20.4 Å². The third kappa shape index (κ3) is 6.18. The summed E-state index contributed by atoms with van der Waals surface area (Å²) in [5, 5.41) is 6.99. The molecule has 0 radical (unpaired) electrons. The summed E-state index contributed by atoms with van der Waals surface area (Å²) in [5.41, 5.74) is 0.346. The third-order valence-electron chi connectivity index (χ3n) is 6.06. The second kappa shape index (κ2) is 10.8. The van der Waals surface area contributed by atoms with Gasteiger partial charge in [-0.2, -0.15) is 0 Å². The Labute approximate surface area is 199 Å². The second-order valence-electron chi connectivity index (χ2n) is 9.45. The number of piperidine rings is 1. The zero-order valence-electron chi connectivity index (χ0n) is 19.8. The van der Waals surface area contributed by atoms with Crippen LogP contribution in [0.25, 0.3) is 0 Å². The van der Waals surface area contributed by atoms with Crippen LogP contribution >= 0.6 is 0 Å². The molecule has 1 amide bonds. The molecule has 4 rings (SSSR count). The van der Waals surface area contributed by atoms with Gasteiger partial charge in [0.2, 0.25) is 0 Å². The lowest BCUT2D eigenvalue weighted by atomic mass is 10.0. The molecular formula is C23H37N5O4S. The third-order valence-corrected chi connectivity index (χ3v) is 7.67. The molecule has 0 spiro atoms. The zero-order chi connectivity index (χ0) is 22.8. The van der Waals surface area contributed by atoms with Crippen molar-refractivity contribution in [3.8, 4) is 0 Å². The van der Waals surface area contributed by atoms with Crippen LogP contribution in [0.5, 0.6) is 0 Å². The number of nitrogens with one attached hydrogen (secondary N) is 1. The number of rotatable bonds is 8. The maximum absolute atomic E-state index is 13.2. The van der Waals surface area contributed by atoms with Gasteiger partial charge < -0.3 is 20.2 Å². The maximum atomic E-state index is 13.2. The lowest BCUT2D eigenvalue weighted by Gasteiger charge is -2.36. The molecule has 0 aromatic carbocycles. The first-order valence-electron chi connectivity index (χ1n) is 11.4. The summed E-state index contributed by atoms with van der Waals surface area (Å²) in [4.78, 5) is 19.9. The summed E-state index contributed by atoms with van der Waals surface area (Å²) in [6.07, 6.45) is 5.39. The van der Waals surface area contributed by atoms with Crippen LogP contribution in [0.2, 0.25) is 0 Å². The van der Waals surface area contributed by atoms with Gasteiger partial charge in [0.1, 0.15) is 22.6 Å². The SMILES string of the molecule is CC(C)CN(C)c1ccc(S(=O)N2CC[C@@H](NC(=O)c3cc(C4CC4)on3)C[C@H]2C)cn1.O.[HH]. The van der Waals surface area contributed by atoms with Crippen LogP contribution in [-0.2, 0) is 11.0 Å². The summed E-state index contributed by atoms with van der Waals surface area (Å²) in [5.74, 6) is 2.47. The predicted molar refractivity (Wildman–Crippen MR) is 130 cm³/mol. The van der Waals surface area contributed by atoms with E-state index in [4.69, 9.17) is 4.52 Å². The van der Waals surface area contributed by atoms with Crippen LogP contribution in [0.4, 0.5) is 5.82 Å². The number of hydrogen-bond donors (Lipinski definition) is 1. The molecule has 2 fully saturated rings. The van der Waals surface area contributed by atoms with E-state index in [1.165, 1.54) is 0 Å². The monoisotopic (exact) mass is 479 g/mol. The topological polar surface area (TPSA) is 123 Å². The van der Waals surface area contributed by atoms with Crippen molar-refractivity contribution in [3.63, 3.8) is 0 Å². The number of aromatic nitrogens is 2. The van der Waals surface area contributed by atoms with Gasteiger partial charge in [-0.05, 0) is 50.7 Å². The standard InChI is InChI=1S/C23H33N5O3S.H2O.H2/c1-15(2)14-27(4)22-8-7-19(13-24-22)32(30)28-10-9-18(11-16(28)3)25-23(29)20-12-21(31-26-20)17-5-6-17;;/h7-8,12-13,15-18H,5-6,9-11,14H2,1-4H3,(H,25,29);1H2;1H/t16-,18-,32?;;/m1../s1. The van der Waals surface area contributed by atoms with Gasteiger partial charge in [0.25, 0.3) is 5.91 Å². The number of amides is 1. The largest absolute Gasteiger partial charge is 0.412 e. The van der Waals surface area contributed by atoms with E-state index in [1.807, 2.05) is 23.5 Å². The molecule has 2 aromatic rings. The summed E-state index contributed by atoms with van der Waals surface area (Å²) in [6.45, 7) is 7.95. The van der Waals surface area contributed by atoms with Crippen molar-refractivity contribution in [2.75, 3.05) is 25.0 Å². The van der Waals surface area contributed by atoms with Crippen molar-refractivity contribution >= 4 is 22.7 Å². The van der Waals surface area contributed by atoms with Gasteiger partial charge in [0.15, 0.2) is 5.69 Å². The molecule has 33 heavy (non-hydrogen) atoms. The van der Waals surface area contributed by atoms with E-state index in [-0.39, 0.29) is 24.9 Å². The molecule has 1 aliphatic carbocycles. The Kier molecular flexibility index (Phi) is 8.25. The van der Waals surface area contributed by atoms with Crippen LogP contribution in [-0.4, -0.2) is 62.3 Å². The number of carbonyl (C=O) groups excluding carboxylic acids is 1. The minimum Gasteiger partial charge on any atom is -0.412 e. The summed E-state index contributed by atoms with van der Waals surface area (Å²) >= 11 is 0. The van der Waals surface area contributed by atoms with Crippen LogP contribution in [0.15, 0.2) is 33.8 Å². The molecule has 3 N–H and O–H groups in total. The zero-order valence-corrected chi connectivity index (χ0v) is 20.6. The van der Waals surface area contributed by atoms with Crippen LogP contribution in [0.1, 0.15) is 70.0 Å². The molecule has 2 aromatic heterocycles. The molecule has 3 heterocycles. The molecular weight excluding hydrogens is 442 g/mol. The highest BCUT2D eigenvalue weighted by Crippen LogP contribution is 2.40. The number of carbonyl (C=O) groups is 1. The summed E-state index contributed by atoms with van der Waals surface area (Å²) < 4.78 is 20.4. The Bertz CT molecular complexity index is 967. The van der Waals surface area contributed by atoms with E-state index < -0.39 is 11.0 Å². The van der Waals surface area contributed by atoms with Gasteiger partial charge in [-0.15, -0.1) is 0 Å². The first-order chi connectivity index (χ1) is 15.3. The van der Waals surface area contributed by atoms with Crippen LogP contribution in [0.3, 0.4) is 0 Å². The maximum Gasteiger partial charge on any atom is 0.273 e. The molecule has 1 saturated carbocycles. The lowest BCUT2D eigenvalue weighted by molar-refractivity contribution is 0.0906. The first kappa shape index (κ1) is 25.3. The Hall–Kier alpha value is -2.30. The van der Waals surface area contributed by atoms with Gasteiger partial charge in [-0.25, -0.2) is 13.5 Å². The number of hydrogen-bond acceptors (Lipinski definition) is 6. The average Bonchev–Trinajstić information content (AvgIpc) is 3.49. The highest BCUT2D eigenvalue weighted by Gasteiger charge is 2.32. The van der Waals surface area contributed by atoms with E-state index in [0.717, 1.165) is 43.8 Å². The van der Waals surface area contributed by atoms with E-state index in [2.05, 4.69) is 41.1 Å². The fraction of sp³-hybridized carbons (Fsp3) is 0.609. The normalized spacial score (nSPS) is 22.0. The van der Waals surface area contributed by atoms with E-state index in [0.29, 0.717) is 29.0 Å². The summed E-state index contributed by atoms with van der Waals surface area (Å²) in [6, 6.07) is 5.68. The van der Waals surface area contributed by atoms with E-state index in [9.17, 15) is 9.00 Å². The highest BCUT2D eigenvalue weighted by molar-refractivity contribution is 7.82. The Morgan fingerprint density at radius 2 is 2.12 bits per heavy atom. The van der Waals surface area contributed by atoms with Crippen molar-refractivity contribution in [1.29, 1.82) is 0 Å². The second-order valence-corrected chi connectivity index (χ2v) is 10.9. The van der Waals surface area contributed by atoms with Crippen LogP contribution < -0.4 is 10.2 Å². The highest BCUT2D eigenvalue weighted by atomic mass is 32.2. The smallest absolute Gasteiger partial charge is 0.273 e. The Balaban J connectivity index is 0.00000204. The molecule has 3 atom stereocenters. The van der Waals surface area contributed by atoms with E-state index >= 15 is 0 Å². The molecule has 1 unspecified atom stereocenters. The van der Waals surface area contributed by atoms with Crippen molar-refractivity contribution in [3.05, 3.63) is 35.9 Å². The van der Waals surface area contributed by atoms with Gasteiger partial charge in [-0.3, -0.25) is 4.79 Å². The lowest BCUT2D eigenvalue weighted by Crippen LogP contribution is -2.49. The molecule has 2 aliphatic rings. The molecule has 10 heteroatoms. The van der Waals surface area contributed by atoms with Crippen LogP contribution in [0, 0.1) is 5.92 Å². The van der Waals surface area contributed by atoms with Crippen molar-refractivity contribution in [2.24, 2.45) is 5.92 Å². The van der Waals surface area contributed by atoms with Gasteiger partial charge in [-0.1, -0.05) is 19.0 Å². The fourth-order valence-electron chi connectivity index (χ4n) is 4.22. The minimum atomic E-state index is -1.28. The minimum absolute atomic E-state index is 0. The molecule has 1 saturated heterocycles. The quantitative estimate of drug-likeness (QED) is 0.621. The molecule has 9 nitrogen and oxygen atoms in total. The first-order valence-corrected chi connectivity index (χ1v) is 12.6. The van der Waals surface area contributed by atoms with Crippen molar-refractivity contribution in [2.45, 2.75) is 69.4 Å². The van der Waals surface area contributed by atoms with Crippen molar-refractivity contribution in [1.82, 2.24) is 19.8 Å². The predicted octanol–water partition coefficient (Wildman–Crippen LogP) is 2.77. The molecule has 1 aliphatic heterocycles. The number of nitrogens with zero attached hydrogens (tertiary/aromatic N) is 4. The summed E-state index contributed by atoms with van der Waals surface area (Å²) in [7, 11) is 0.741. The average molecular weight is 480 g/mol.